The van der Waals surface area contributed by atoms with Crippen LogP contribution in [0.25, 0.3) is 0 Å². The van der Waals surface area contributed by atoms with E-state index in [0.717, 1.165) is 73.7 Å². The highest BCUT2D eigenvalue weighted by molar-refractivity contribution is 5.65. The van der Waals surface area contributed by atoms with E-state index >= 15 is 0 Å². The zero-order valence-electron chi connectivity index (χ0n) is 20.5. The summed E-state index contributed by atoms with van der Waals surface area (Å²) in [5, 5.41) is 0. The maximum Gasteiger partial charge on any atom is 0.197 e. The first-order chi connectivity index (χ1) is 17.3. The molecule has 3 aromatic rings. The normalized spacial score (nSPS) is 19.1. The van der Waals surface area contributed by atoms with E-state index in [0.29, 0.717) is 19.1 Å². The standard InChI is InChI=1S/C29H35N3O3/c1-3-8-22(9-4-1)20-24-27(35-29(30-24)23-10-5-2-6-11-23)21-31-14-16-32(17-15-31)25-12-7-13-26-28(25)34-19-18-33-26/h1,3-4,7-9,12-13,23H,2,5-6,10-11,14-21H2. The number of para-hydroxylation sites is 1. The fourth-order valence-electron chi connectivity index (χ4n) is 5.64. The van der Waals surface area contributed by atoms with Gasteiger partial charge in [-0.3, -0.25) is 4.90 Å². The molecule has 0 N–H and O–H groups in total. The van der Waals surface area contributed by atoms with Crippen molar-refractivity contribution in [3.8, 4) is 11.5 Å². The maximum absolute atomic E-state index is 6.51. The van der Waals surface area contributed by atoms with Crippen molar-refractivity contribution in [1.29, 1.82) is 0 Å². The van der Waals surface area contributed by atoms with Crippen molar-refractivity contribution < 1.29 is 13.9 Å². The van der Waals surface area contributed by atoms with Crippen LogP contribution in [0.1, 0.15) is 60.9 Å². The summed E-state index contributed by atoms with van der Waals surface area (Å²) in [6, 6.07) is 16.9. The molecule has 1 aromatic heterocycles. The molecule has 0 amide bonds. The lowest BCUT2D eigenvalue weighted by Crippen LogP contribution is -2.46. The maximum atomic E-state index is 6.51. The molecule has 2 aromatic carbocycles. The third-order valence-corrected chi connectivity index (χ3v) is 7.59. The van der Waals surface area contributed by atoms with Gasteiger partial charge < -0.3 is 18.8 Å². The summed E-state index contributed by atoms with van der Waals surface area (Å²) in [5.74, 6) is 4.26. The summed E-state index contributed by atoms with van der Waals surface area (Å²) in [4.78, 5) is 9.99. The molecule has 1 saturated heterocycles. The van der Waals surface area contributed by atoms with Gasteiger partial charge in [-0.05, 0) is 30.5 Å². The van der Waals surface area contributed by atoms with Gasteiger partial charge in [-0.2, -0.15) is 0 Å². The molecule has 6 rings (SSSR count). The average Bonchev–Trinajstić information content (AvgIpc) is 3.32. The van der Waals surface area contributed by atoms with E-state index < -0.39 is 0 Å². The first-order valence-corrected chi connectivity index (χ1v) is 13.2. The van der Waals surface area contributed by atoms with Crippen molar-refractivity contribution in [3.63, 3.8) is 0 Å². The molecule has 3 heterocycles. The summed E-state index contributed by atoms with van der Waals surface area (Å²) < 4.78 is 18.3. The number of fused-ring (bicyclic) bond motifs is 1. The first kappa shape index (κ1) is 22.5. The molecular weight excluding hydrogens is 438 g/mol. The minimum atomic E-state index is 0.482. The highest BCUT2D eigenvalue weighted by Crippen LogP contribution is 2.40. The number of oxazole rings is 1. The summed E-state index contributed by atoms with van der Waals surface area (Å²) >= 11 is 0. The molecule has 0 unspecified atom stereocenters. The fourth-order valence-corrected chi connectivity index (χ4v) is 5.64. The van der Waals surface area contributed by atoms with Gasteiger partial charge >= 0.3 is 0 Å². The topological polar surface area (TPSA) is 51.0 Å². The molecule has 6 heteroatoms. The zero-order chi connectivity index (χ0) is 23.5. The van der Waals surface area contributed by atoms with E-state index in [4.69, 9.17) is 18.9 Å². The van der Waals surface area contributed by atoms with Crippen LogP contribution in [0.15, 0.2) is 52.9 Å². The lowest BCUT2D eigenvalue weighted by molar-refractivity contribution is 0.171. The molecule has 6 nitrogen and oxygen atoms in total. The summed E-state index contributed by atoms with van der Waals surface area (Å²) in [6.45, 7) is 5.93. The van der Waals surface area contributed by atoms with Crippen LogP contribution in [0.5, 0.6) is 11.5 Å². The number of rotatable bonds is 6. The summed E-state index contributed by atoms with van der Waals surface area (Å²) in [5.41, 5.74) is 3.55. The lowest BCUT2D eigenvalue weighted by Gasteiger charge is -2.37. The van der Waals surface area contributed by atoms with Gasteiger partial charge in [-0.25, -0.2) is 4.98 Å². The van der Waals surface area contributed by atoms with Gasteiger partial charge in [0.15, 0.2) is 17.4 Å². The Labute approximate surface area is 207 Å². The highest BCUT2D eigenvalue weighted by Gasteiger charge is 2.27. The van der Waals surface area contributed by atoms with Crippen molar-refractivity contribution in [2.24, 2.45) is 0 Å². The molecule has 0 spiro atoms. The van der Waals surface area contributed by atoms with Gasteiger partial charge in [-0.15, -0.1) is 0 Å². The minimum absolute atomic E-state index is 0.482. The quantitative estimate of drug-likeness (QED) is 0.477. The average molecular weight is 474 g/mol. The van der Waals surface area contributed by atoms with Crippen LogP contribution in [0, 0.1) is 0 Å². The molecule has 0 bridgehead atoms. The molecule has 2 aliphatic heterocycles. The van der Waals surface area contributed by atoms with Gasteiger partial charge in [0.2, 0.25) is 0 Å². The van der Waals surface area contributed by atoms with Crippen LogP contribution in [0.4, 0.5) is 5.69 Å². The van der Waals surface area contributed by atoms with Gasteiger partial charge in [0.05, 0.1) is 17.9 Å². The molecule has 35 heavy (non-hydrogen) atoms. The Morgan fingerprint density at radius 1 is 0.829 bits per heavy atom. The Kier molecular flexibility index (Phi) is 6.63. The van der Waals surface area contributed by atoms with Crippen molar-refractivity contribution in [2.45, 2.75) is 51.0 Å². The predicted octanol–water partition coefficient (Wildman–Crippen LogP) is 5.41. The third-order valence-electron chi connectivity index (χ3n) is 7.59. The van der Waals surface area contributed by atoms with Crippen LogP contribution in [-0.2, 0) is 13.0 Å². The van der Waals surface area contributed by atoms with E-state index in [-0.39, 0.29) is 0 Å². The number of benzene rings is 2. The Bertz CT molecular complexity index is 1120. The molecule has 0 atom stereocenters. The minimum Gasteiger partial charge on any atom is -0.486 e. The van der Waals surface area contributed by atoms with E-state index in [1.54, 1.807) is 0 Å². The Morgan fingerprint density at radius 2 is 1.63 bits per heavy atom. The summed E-state index contributed by atoms with van der Waals surface area (Å²) in [6.07, 6.45) is 7.16. The van der Waals surface area contributed by atoms with Crippen LogP contribution < -0.4 is 14.4 Å². The number of piperazine rings is 1. The fraction of sp³-hybridized carbons (Fsp3) is 0.483. The number of hydrogen-bond donors (Lipinski definition) is 0. The summed E-state index contributed by atoms with van der Waals surface area (Å²) in [7, 11) is 0. The van der Waals surface area contributed by atoms with Crippen molar-refractivity contribution in [1.82, 2.24) is 9.88 Å². The van der Waals surface area contributed by atoms with Gasteiger partial charge in [0.1, 0.15) is 19.0 Å². The van der Waals surface area contributed by atoms with Crippen molar-refractivity contribution >= 4 is 5.69 Å². The van der Waals surface area contributed by atoms with Gasteiger partial charge in [0, 0.05) is 38.5 Å². The highest BCUT2D eigenvalue weighted by atomic mass is 16.6. The molecule has 1 aliphatic carbocycles. The van der Waals surface area contributed by atoms with Crippen molar-refractivity contribution in [2.75, 3.05) is 44.3 Å². The SMILES string of the molecule is c1ccc(Cc2nc(C3CCCCC3)oc2CN2CCN(c3cccc4c3OCCO4)CC2)cc1. The second-order valence-electron chi connectivity index (χ2n) is 9.98. The van der Waals surface area contributed by atoms with E-state index in [9.17, 15) is 0 Å². The van der Waals surface area contributed by atoms with Crippen LogP contribution in [-0.4, -0.2) is 49.3 Å². The smallest absolute Gasteiger partial charge is 0.197 e. The second-order valence-corrected chi connectivity index (χ2v) is 9.98. The van der Waals surface area contributed by atoms with E-state index in [2.05, 4.69) is 52.3 Å². The van der Waals surface area contributed by atoms with Crippen LogP contribution >= 0.6 is 0 Å². The predicted molar refractivity (Wildman–Crippen MR) is 136 cm³/mol. The number of ether oxygens (including phenoxy) is 2. The van der Waals surface area contributed by atoms with Gasteiger partial charge in [-0.1, -0.05) is 55.7 Å². The Balaban J connectivity index is 1.16. The zero-order valence-corrected chi connectivity index (χ0v) is 20.5. The number of hydrogen-bond acceptors (Lipinski definition) is 6. The molecule has 0 radical (unpaired) electrons. The van der Waals surface area contributed by atoms with Gasteiger partial charge in [0.25, 0.3) is 0 Å². The van der Waals surface area contributed by atoms with E-state index in [1.807, 2.05) is 6.07 Å². The first-order valence-electron chi connectivity index (χ1n) is 13.2. The monoisotopic (exact) mass is 473 g/mol. The van der Waals surface area contributed by atoms with Crippen LogP contribution in [0.3, 0.4) is 0 Å². The number of anilines is 1. The molecular formula is C29H35N3O3. The largest absolute Gasteiger partial charge is 0.486 e. The molecule has 1 saturated carbocycles. The lowest BCUT2D eigenvalue weighted by atomic mass is 9.89. The molecule has 184 valence electrons. The second kappa shape index (κ2) is 10.3. The number of nitrogens with zero attached hydrogens (tertiary/aromatic N) is 3. The van der Waals surface area contributed by atoms with E-state index in [1.165, 1.54) is 37.7 Å². The van der Waals surface area contributed by atoms with Crippen LogP contribution in [0.2, 0.25) is 0 Å². The molecule has 2 fully saturated rings. The third kappa shape index (κ3) is 5.03. The molecule has 3 aliphatic rings. The van der Waals surface area contributed by atoms with Crippen molar-refractivity contribution in [3.05, 3.63) is 71.4 Å². The Morgan fingerprint density at radius 3 is 2.46 bits per heavy atom. The number of aromatic nitrogens is 1. The Hall–Kier alpha value is -2.99.